The monoisotopic (exact) mass is 407 g/mol. The smallest absolute Gasteiger partial charge is 0.263 e. The van der Waals surface area contributed by atoms with Crippen LogP contribution in [0.25, 0.3) is 20.7 Å². The summed E-state index contributed by atoms with van der Waals surface area (Å²) in [5, 5.41) is 4.58. The van der Waals surface area contributed by atoms with Gasteiger partial charge in [0.2, 0.25) is 5.91 Å². The Hall–Kier alpha value is -2.77. The fourth-order valence-electron chi connectivity index (χ4n) is 3.74. The van der Waals surface area contributed by atoms with Gasteiger partial charge < -0.3 is 4.90 Å². The number of rotatable bonds is 3. The maximum Gasteiger partial charge on any atom is 0.263 e. The fourth-order valence-corrected chi connectivity index (χ4v) is 5.54. The molecule has 0 aliphatic carbocycles. The van der Waals surface area contributed by atoms with E-state index in [0.29, 0.717) is 17.8 Å². The molecule has 1 aliphatic rings. The molecule has 0 bridgehead atoms. The van der Waals surface area contributed by atoms with Crippen LogP contribution in [-0.4, -0.2) is 22.0 Å². The largest absolute Gasteiger partial charge is 0.310 e. The third kappa shape index (κ3) is 2.70. The zero-order chi connectivity index (χ0) is 19.3. The number of aryl methyl sites for hydroxylation is 1. The van der Waals surface area contributed by atoms with Gasteiger partial charge in [-0.1, -0.05) is 24.3 Å². The number of thiophene rings is 2. The average molecular weight is 408 g/mol. The van der Waals surface area contributed by atoms with Gasteiger partial charge in [-0.15, -0.1) is 22.7 Å². The molecule has 140 valence electrons. The van der Waals surface area contributed by atoms with E-state index >= 15 is 0 Å². The number of hydrogen-bond donors (Lipinski definition) is 0. The van der Waals surface area contributed by atoms with E-state index in [1.165, 1.54) is 21.5 Å². The Morgan fingerprint density at radius 3 is 2.86 bits per heavy atom. The molecule has 28 heavy (non-hydrogen) atoms. The van der Waals surface area contributed by atoms with E-state index in [2.05, 4.69) is 4.98 Å². The standard InChI is InChI=1S/C21H17N3O2S2/c1-13-22-20-19(15(12-28-20)17-7-4-10-27-17)21(26)24(13)11-18(25)23-9-8-14-5-2-3-6-16(14)23/h2-7,10,12H,8-9,11H2,1H3. The summed E-state index contributed by atoms with van der Waals surface area (Å²) in [6.07, 6.45) is 0.847. The zero-order valence-corrected chi connectivity index (χ0v) is 16.8. The Kier molecular flexibility index (Phi) is 4.14. The van der Waals surface area contributed by atoms with Crippen molar-refractivity contribution in [2.75, 3.05) is 11.4 Å². The number of amides is 1. The summed E-state index contributed by atoms with van der Waals surface area (Å²) in [5.41, 5.74) is 2.88. The third-order valence-corrected chi connectivity index (χ3v) is 6.93. The molecule has 0 atom stereocenters. The van der Waals surface area contributed by atoms with Gasteiger partial charge in [-0.05, 0) is 36.4 Å². The molecule has 1 amide bonds. The van der Waals surface area contributed by atoms with Crippen LogP contribution in [0.15, 0.2) is 52.0 Å². The highest BCUT2D eigenvalue weighted by atomic mass is 32.1. The van der Waals surface area contributed by atoms with Crippen molar-refractivity contribution < 1.29 is 4.79 Å². The molecule has 0 radical (unpaired) electrons. The summed E-state index contributed by atoms with van der Waals surface area (Å²) in [7, 11) is 0. The number of aromatic nitrogens is 2. The van der Waals surface area contributed by atoms with Crippen LogP contribution in [0.2, 0.25) is 0 Å². The highest BCUT2D eigenvalue weighted by Gasteiger charge is 2.25. The Labute approximate surface area is 169 Å². The molecule has 3 aromatic heterocycles. The van der Waals surface area contributed by atoms with E-state index in [-0.39, 0.29) is 18.0 Å². The first-order valence-electron chi connectivity index (χ1n) is 9.04. The van der Waals surface area contributed by atoms with Crippen LogP contribution in [-0.2, 0) is 17.8 Å². The second-order valence-electron chi connectivity index (χ2n) is 6.78. The maximum absolute atomic E-state index is 13.3. The van der Waals surface area contributed by atoms with Gasteiger partial charge in [0, 0.05) is 28.1 Å². The Bertz CT molecular complexity index is 1250. The van der Waals surface area contributed by atoms with Gasteiger partial charge in [-0.3, -0.25) is 14.2 Å². The van der Waals surface area contributed by atoms with Gasteiger partial charge in [-0.25, -0.2) is 4.98 Å². The van der Waals surface area contributed by atoms with Crippen molar-refractivity contribution in [1.29, 1.82) is 0 Å². The first kappa shape index (κ1) is 17.3. The molecular weight excluding hydrogens is 390 g/mol. The molecule has 1 aromatic carbocycles. The summed E-state index contributed by atoms with van der Waals surface area (Å²) in [6, 6.07) is 11.9. The Morgan fingerprint density at radius 1 is 1.18 bits per heavy atom. The number of benzene rings is 1. The first-order chi connectivity index (χ1) is 13.6. The van der Waals surface area contributed by atoms with E-state index in [1.54, 1.807) is 23.2 Å². The average Bonchev–Trinajstić information content (AvgIpc) is 3.43. The lowest BCUT2D eigenvalue weighted by atomic mass is 10.2. The predicted molar refractivity (Wildman–Crippen MR) is 114 cm³/mol. The lowest BCUT2D eigenvalue weighted by Crippen LogP contribution is -2.36. The van der Waals surface area contributed by atoms with Crippen LogP contribution in [0.5, 0.6) is 0 Å². The Balaban J connectivity index is 1.55. The van der Waals surface area contributed by atoms with Crippen LogP contribution in [0.1, 0.15) is 11.4 Å². The van der Waals surface area contributed by atoms with Crippen molar-refractivity contribution >= 4 is 44.5 Å². The molecule has 0 unspecified atom stereocenters. The lowest BCUT2D eigenvalue weighted by molar-refractivity contribution is -0.119. The van der Waals surface area contributed by atoms with Gasteiger partial charge in [0.1, 0.15) is 17.2 Å². The van der Waals surface area contributed by atoms with Gasteiger partial charge in [0.05, 0.1) is 5.39 Å². The number of fused-ring (bicyclic) bond motifs is 2. The van der Waals surface area contributed by atoms with Crippen molar-refractivity contribution in [2.45, 2.75) is 19.9 Å². The number of carbonyl (C=O) groups excluding carboxylic acids is 1. The number of nitrogens with zero attached hydrogens (tertiary/aromatic N) is 3. The molecule has 4 heterocycles. The second kappa shape index (κ2) is 6.68. The molecule has 0 fully saturated rings. The van der Waals surface area contributed by atoms with E-state index in [0.717, 1.165) is 27.4 Å². The van der Waals surface area contributed by atoms with Crippen molar-refractivity contribution in [3.05, 3.63) is 68.9 Å². The summed E-state index contributed by atoms with van der Waals surface area (Å²) < 4.78 is 1.51. The lowest BCUT2D eigenvalue weighted by Gasteiger charge is -2.18. The van der Waals surface area contributed by atoms with Gasteiger partial charge in [0.15, 0.2) is 0 Å². The zero-order valence-electron chi connectivity index (χ0n) is 15.2. The predicted octanol–water partition coefficient (Wildman–Crippen LogP) is 4.08. The second-order valence-corrected chi connectivity index (χ2v) is 8.59. The highest BCUT2D eigenvalue weighted by Crippen LogP contribution is 2.34. The van der Waals surface area contributed by atoms with Crippen molar-refractivity contribution in [3.8, 4) is 10.4 Å². The van der Waals surface area contributed by atoms with E-state index < -0.39 is 0 Å². The molecule has 1 aliphatic heterocycles. The van der Waals surface area contributed by atoms with Gasteiger partial charge in [0.25, 0.3) is 5.56 Å². The Morgan fingerprint density at radius 2 is 2.04 bits per heavy atom. The first-order valence-corrected chi connectivity index (χ1v) is 10.8. The molecule has 0 N–H and O–H groups in total. The molecular formula is C21H17N3O2S2. The molecule has 0 saturated heterocycles. The summed E-state index contributed by atoms with van der Waals surface area (Å²) in [5.74, 6) is 0.488. The van der Waals surface area contributed by atoms with Crippen molar-refractivity contribution in [1.82, 2.24) is 9.55 Å². The minimum atomic E-state index is -0.145. The normalized spacial score (nSPS) is 13.2. The molecule has 4 aromatic rings. The molecule has 7 heteroatoms. The van der Waals surface area contributed by atoms with E-state index in [1.807, 2.05) is 47.2 Å². The summed E-state index contributed by atoms with van der Waals surface area (Å²) in [6.45, 7) is 2.44. The van der Waals surface area contributed by atoms with Crippen LogP contribution >= 0.6 is 22.7 Å². The minimum absolute atomic E-state index is 0.00165. The van der Waals surface area contributed by atoms with Crippen LogP contribution in [0.4, 0.5) is 5.69 Å². The third-order valence-electron chi connectivity index (χ3n) is 5.15. The van der Waals surface area contributed by atoms with Gasteiger partial charge in [-0.2, -0.15) is 0 Å². The molecule has 5 nitrogen and oxygen atoms in total. The quantitative estimate of drug-likeness (QED) is 0.514. The maximum atomic E-state index is 13.3. The highest BCUT2D eigenvalue weighted by molar-refractivity contribution is 7.18. The molecule has 5 rings (SSSR count). The molecule has 0 spiro atoms. The van der Waals surface area contributed by atoms with Crippen molar-refractivity contribution in [2.24, 2.45) is 0 Å². The van der Waals surface area contributed by atoms with E-state index in [9.17, 15) is 9.59 Å². The number of para-hydroxylation sites is 1. The van der Waals surface area contributed by atoms with E-state index in [4.69, 9.17) is 0 Å². The number of carbonyl (C=O) groups is 1. The topological polar surface area (TPSA) is 55.2 Å². The van der Waals surface area contributed by atoms with Crippen molar-refractivity contribution in [3.63, 3.8) is 0 Å². The summed E-state index contributed by atoms with van der Waals surface area (Å²) >= 11 is 3.07. The number of hydrogen-bond acceptors (Lipinski definition) is 5. The SMILES string of the molecule is Cc1nc2scc(-c3cccs3)c2c(=O)n1CC(=O)N1CCc2ccccc21. The van der Waals surface area contributed by atoms with Gasteiger partial charge >= 0.3 is 0 Å². The summed E-state index contributed by atoms with van der Waals surface area (Å²) in [4.78, 5) is 34.4. The van der Waals surface area contributed by atoms with Crippen LogP contribution < -0.4 is 10.5 Å². The number of anilines is 1. The minimum Gasteiger partial charge on any atom is -0.310 e. The fraction of sp³-hybridized carbons (Fsp3) is 0.190. The van der Waals surface area contributed by atoms with Crippen LogP contribution in [0.3, 0.4) is 0 Å². The van der Waals surface area contributed by atoms with Crippen LogP contribution in [0, 0.1) is 6.92 Å². The molecule has 0 saturated carbocycles.